The standard InChI is InChI=1S/C16H28N4O3/c1-9(8-17-15(22)23-16(5,6)7)18-10(2)13-11(3)19-12(4)20-14(13)21/h9-10,18H,8H2,1-7H3,(H,17,22)(H,19,20,21). The van der Waals surface area contributed by atoms with Crippen LogP contribution in [0.3, 0.4) is 0 Å². The Bertz CT molecular complexity index is 604. The molecule has 1 heterocycles. The summed E-state index contributed by atoms with van der Waals surface area (Å²) in [5.74, 6) is 0.600. The average molecular weight is 324 g/mol. The third-order valence-electron chi connectivity index (χ3n) is 3.18. The Morgan fingerprint density at radius 2 is 1.91 bits per heavy atom. The first kappa shape index (κ1) is 19.2. The quantitative estimate of drug-likeness (QED) is 0.769. The molecule has 2 atom stereocenters. The van der Waals surface area contributed by atoms with Gasteiger partial charge in [0.05, 0.1) is 5.56 Å². The van der Waals surface area contributed by atoms with E-state index in [0.717, 1.165) is 0 Å². The van der Waals surface area contributed by atoms with Crippen LogP contribution in [0.5, 0.6) is 0 Å². The third kappa shape index (κ3) is 6.40. The number of H-pyrrole nitrogens is 1. The Balaban J connectivity index is 2.59. The van der Waals surface area contributed by atoms with Crippen LogP contribution in [0, 0.1) is 13.8 Å². The van der Waals surface area contributed by atoms with Crippen LogP contribution >= 0.6 is 0 Å². The van der Waals surface area contributed by atoms with Crippen LogP contribution in [0.25, 0.3) is 0 Å². The van der Waals surface area contributed by atoms with Crippen LogP contribution < -0.4 is 16.2 Å². The van der Waals surface area contributed by atoms with Crippen molar-refractivity contribution in [2.45, 2.75) is 66.2 Å². The molecule has 0 aliphatic rings. The summed E-state index contributed by atoms with van der Waals surface area (Å²) in [6.07, 6.45) is -0.454. The number of aryl methyl sites for hydroxylation is 2. The van der Waals surface area contributed by atoms with Gasteiger partial charge in [-0.3, -0.25) is 4.79 Å². The molecule has 1 aromatic heterocycles. The van der Waals surface area contributed by atoms with E-state index >= 15 is 0 Å². The first-order valence-corrected chi connectivity index (χ1v) is 7.80. The second-order valence-electron chi connectivity index (χ2n) is 6.82. The van der Waals surface area contributed by atoms with E-state index in [4.69, 9.17) is 4.74 Å². The molecule has 3 N–H and O–H groups in total. The van der Waals surface area contributed by atoms with Gasteiger partial charge in [0.2, 0.25) is 0 Å². The van der Waals surface area contributed by atoms with Gasteiger partial charge in [0.15, 0.2) is 0 Å². The summed E-state index contributed by atoms with van der Waals surface area (Å²) in [4.78, 5) is 30.7. The predicted octanol–water partition coefficient (Wildman–Crippen LogP) is 1.95. The van der Waals surface area contributed by atoms with Crippen LogP contribution in [0.1, 0.15) is 57.7 Å². The molecule has 0 bridgehead atoms. The molecule has 0 aliphatic carbocycles. The highest BCUT2D eigenvalue weighted by atomic mass is 16.6. The number of rotatable bonds is 5. The molecular weight excluding hydrogens is 296 g/mol. The summed E-state index contributed by atoms with van der Waals surface area (Å²) in [6, 6.07) is -0.208. The minimum Gasteiger partial charge on any atom is -0.444 e. The fraction of sp³-hybridized carbons (Fsp3) is 0.688. The number of carbonyl (C=O) groups excluding carboxylic acids is 1. The number of aromatic amines is 1. The summed E-state index contributed by atoms with van der Waals surface area (Å²) < 4.78 is 5.19. The summed E-state index contributed by atoms with van der Waals surface area (Å²) in [6.45, 7) is 13.2. The van der Waals surface area contributed by atoms with E-state index in [9.17, 15) is 9.59 Å². The largest absolute Gasteiger partial charge is 0.444 e. The molecule has 0 spiro atoms. The van der Waals surface area contributed by atoms with Gasteiger partial charge in [0, 0.05) is 24.3 Å². The molecule has 0 radical (unpaired) electrons. The average Bonchev–Trinajstić information content (AvgIpc) is 2.32. The fourth-order valence-corrected chi connectivity index (χ4v) is 2.37. The van der Waals surface area contributed by atoms with Gasteiger partial charge in [-0.1, -0.05) is 0 Å². The first-order valence-electron chi connectivity index (χ1n) is 7.80. The van der Waals surface area contributed by atoms with Gasteiger partial charge >= 0.3 is 6.09 Å². The number of hydrogen-bond donors (Lipinski definition) is 3. The summed E-state index contributed by atoms with van der Waals surface area (Å²) >= 11 is 0. The van der Waals surface area contributed by atoms with Crippen LogP contribution in [0.4, 0.5) is 4.79 Å². The highest BCUT2D eigenvalue weighted by Gasteiger charge is 2.19. The van der Waals surface area contributed by atoms with Crippen LogP contribution in [0.15, 0.2) is 4.79 Å². The van der Waals surface area contributed by atoms with E-state index in [-0.39, 0.29) is 17.6 Å². The number of nitrogens with one attached hydrogen (secondary N) is 3. The maximum atomic E-state index is 12.1. The lowest BCUT2D eigenvalue weighted by Crippen LogP contribution is -2.43. The van der Waals surface area contributed by atoms with E-state index in [1.165, 1.54) is 0 Å². The fourth-order valence-electron chi connectivity index (χ4n) is 2.37. The zero-order valence-corrected chi connectivity index (χ0v) is 15.0. The molecule has 0 aliphatic heterocycles. The Morgan fingerprint density at radius 3 is 2.43 bits per heavy atom. The van der Waals surface area contributed by atoms with Crippen LogP contribution in [-0.4, -0.2) is 34.2 Å². The Morgan fingerprint density at radius 1 is 1.30 bits per heavy atom. The highest BCUT2D eigenvalue weighted by Crippen LogP contribution is 2.11. The third-order valence-corrected chi connectivity index (χ3v) is 3.18. The number of aromatic nitrogens is 2. The molecule has 130 valence electrons. The number of nitrogens with zero attached hydrogens (tertiary/aromatic N) is 1. The zero-order valence-electron chi connectivity index (χ0n) is 15.0. The van der Waals surface area contributed by atoms with Crippen molar-refractivity contribution in [1.82, 2.24) is 20.6 Å². The minimum atomic E-state index is -0.522. The lowest BCUT2D eigenvalue weighted by molar-refractivity contribution is 0.0522. The normalized spacial score (nSPS) is 14.2. The molecule has 1 aromatic rings. The predicted molar refractivity (Wildman–Crippen MR) is 89.6 cm³/mol. The van der Waals surface area contributed by atoms with Crippen molar-refractivity contribution in [2.75, 3.05) is 6.54 Å². The molecule has 7 nitrogen and oxygen atoms in total. The summed E-state index contributed by atoms with van der Waals surface area (Å²) in [5.41, 5.74) is 0.659. The second kappa shape index (κ2) is 7.59. The first-order chi connectivity index (χ1) is 10.5. The Hall–Kier alpha value is -1.89. The van der Waals surface area contributed by atoms with E-state index in [2.05, 4.69) is 20.6 Å². The van der Waals surface area contributed by atoms with Gasteiger partial charge in [0.1, 0.15) is 11.4 Å². The highest BCUT2D eigenvalue weighted by molar-refractivity contribution is 5.67. The van der Waals surface area contributed by atoms with Gasteiger partial charge in [-0.15, -0.1) is 0 Å². The molecule has 0 saturated carbocycles. The number of ether oxygens (including phenoxy) is 1. The van der Waals surface area contributed by atoms with Crippen molar-refractivity contribution in [3.63, 3.8) is 0 Å². The zero-order chi connectivity index (χ0) is 17.8. The monoisotopic (exact) mass is 324 g/mol. The minimum absolute atomic E-state index is 0.0300. The molecule has 0 saturated heterocycles. The number of hydrogen-bond acceptors (Lipinski definition) is 5. The van der Waals surface area contributed by atoms with Crippen LogP contribution in [0.2, 0.25) is 0 Å². The van der Waals surface area contributed by atoms with Gasteiger partial charge in [-0.05, 0) is 48.5 Å². The van der Waals surface area contributed by atoms with E-state index < -0.39 is 11.7 Å². The van der Waals surface area contributed by atoms with E-state index in [0.29, 0.717) is 23.6 Å². The van der Waals surface area contributed by atoms with Gasteiger partial charge in [0.25, 0.3) is 5.56 Å². The number of carbonyl (C=O) groups is 1. The lowest BCUT2D eigenvalue weighted by atomic mass is 10.1. The molecule has 1 amide bonds. The SMILES string of the molecule is Cc1nc(C)c(C(C)NC(C)CNC(=O)OC(C)(C)C)c(=O)[nH]1. The maximum Gasteiger partial charge on any atom is 0.407 e. The molecule has 1 rings (SSSR count). The molecule has 2 unspecified atom stereocenters. The van der Waals surface area contributed by atoms with Crippen molar-refractivity contribution >= 4 is 6.09 Å². The molecular formula is C16H28N4O3. The topological polar surface area (TPSA) is 96.1 Å². The van der Waals surface area contributed by atoms with Gasteiger partial charge in [-0.2, -0.15) is 0 Å². The van der Waals surface area contributed by atoms with Crippen molar-refractivity contribution in [1.29, 1.82) is 0 Å². The molecule has 23 heavy (non-hydrogen) atoms. The van der Waals surface area contributed by atoms with Crippen molar-refractivity contribution in [3.8, 4) is 0 Å². The Kier molecular flexibility index (Phi) is 6.32. The second-order valence-corrected chi connectivity index (χ2v) is 6.82. The van der Waals surface area contributed by atoms with Gasteiger partial charge < -0.3 is 20.4 Å². The number of alkyl carbamates (subject to hydrolysis) is 1. The van der Waals surface area contributed by atoms with Crippen molar-refractivity contribution in [2.24, 2.45) is 0 Å². The summed E-state index contributed by atoms with van der Waals surface area (Å²) in [5, 5.41) is 5.99. The molecule has 0 aromatic carbocycles. The molecule has 7 heteroatoms. The lowest BCUT2D eigenvalue weighted by Gasteiger charge is -2.23. The maximum absolute atomic E-state index is 12.1. The van der Waals surface area contributed by atoms with E-state index in [1.807, 2.05) is 41.5 Å². The smallest absolute Gasteiger partial charge is 0.407 e. The van der Waals surface area contributed by atoms with Crippen molar-refractivity contribution < 1.29 is 9.53 Å². The van der Waals surface area contributed by atoms with E-state index in [1.54, 1.807) is 6.92 Å². The van der Waals surface area contributed by atoms with Crippen LogP contribution in [-0.2, 0) is 4.74 Å². The number of amides is 1. The van der Waals surface area contributed by atoms with Gasteiger partial charge in [-0.25, -0.2) is 9.78 Å². The summed E-state index contributed by atoms with van der Waals surface area (Å²) in [7, 11) is 0. The van der Waals surface area contributed by atoms with Crippen molar-refractivity contribution in [3.05, 3.63) is 27.4 Å². The Labute approximate surface area is 137 Å². The molecule has 0 fully saturated rings.